The van der Waals surface area contributed by atoms with E-state index in [1.165, 1.54) is 0 Å². The summed E-state index contributed by atoms with van der Waals surface area (Å²) < 4.78 is 135. The van der Waals surface area contributed by atoms with E-state index in [1.807, 2.05) is 0 Å². The Bertz CT molecular complexity index is 964. The number of halogens is 11. The van der Waals surface area contributed by atoms with Crippen molar-refractivity contribution in [3.05, 3.63) is 89.5 Å². The van der Waals surface area contributed by atoms with Crippen molar-refractivity contribution in [3.63, 3.8) is 0 Å². The van der Waals surface area contributed by atoms with Crippen molar-refractivity contribution < 1.29 is 72.0 Å². The molecule has 0 bridgehead atoms. The monoisotopic (exact) mass is 753 g/mol. The van der Waals surface area contributed by atoms with Gasteiger partial charge in [0.25, 0.3) is 0 Å². The average molecular weight is 754 g/mol. The first-order valence-electron chi connectivity index (χ1n) is 9.34. The van der Waals surface area contributed by atoms with Crippen LogP contribution in [0.5, 0.6) is 17.2 Å². The maximum absolute atomic E-state index is 12.8. The van der Waals surface area contributed by atoms with E-state index in [0.29, 0.717) is 0 Å². The van der Waals surface area contributed by atoms with Gasteiger partial charge in [-0.3, -0.25) is 0 Å². The molecule has 203 valence electrons. The second-order valence-electron chi connectivity index (χ2n) is 6.58. The van der Waals surface area contributed by atoms with Crippen LogP contribution in [0.2, 0.25) is 0 Å². The molecule has 0 atom stereocenters. The van der Waals surface area contributed by atoms with Gasteiger partial charge in [0.2, 0.25) is 0 Å². The normalized spacial score (nSPS) is 12.0. The van der Waals surface area contributed by atoms with E-state index in [4.69, 9.17) is 10.2 Å². The van der Waals surface area contributed by atoms with Gasteiger partial charge in [0.15, 0.2) is 0 Å². The van der Waals surface area contributed by atoms with Crippen molar-refractivity contribution >= 4 is 23.7 Å². The summed E-state index contributed by atoms with van der Waals surface area (Å²) in [6.07, 6.45) is -13.8. The quantitative estimate of drug-likeness (QED) is 0.236. The molecule has 16 heteroatoms. The van der Waals surface area contributed by atoms with E-state index >= 15 is 0 Å². The molecule has 0 aliphatic carbocycles. The summed E-state index contributed by atoms with van der Waals surface area (Å²) in [4.78, 5) is 0. The van der Waals surface area contributed by atoms with Crippen molar-refractivity contribution in [2.24, 2.45) is 0 Å². The molecule has 0 aromatic heterocycles. The van der Waals surface area contributed by atoms with Gasteiger partial charge in [-0.25, -0.2) is 0 Å². The van der Waals surface area contributed by atoms with Crippen molar-refractivity contribution in [1.29, 1.82) is 0 Å². The molecule has 0 saturated carbocycles. The molecule has 4 nitrogen and oxygen atoms in total. The molecule has 3 aromatic carbocycles. The summed E-state index contributed by atoms with van der Waals surface area (Å²) in [6.45, 7) is 0. The second kappa shape index (κ2) is 12.9. The molecule has 0 fully saturated rings. The van der Waals surface area contributed by atoms with Crippen molar-refractivity contribution in [1.82, 2.24) is 0 Å². The van der Waals surface area contributed by atoms with E-state index in [2.05, 4.69) is 27.6 Å². The average Bonchev–Trinajstić information content (AvgIpc) is 2.79. The van der Waals surface area contributed by atoms with Crippen LogP contribution in [0.1, 0.15) is 16.7 Å². The molecule has 0 aliphatic rings. The van der Waals surface area contributed by atoms with Gasteiger partial charge in [-0.1, -0.05) is 0 Å². The Hall–Kier alpha value is -2.34. The van der Waals surface area contributed by atoms with E-state index in [1.54, 1.807) is 0 Å². The third-order valence-electron chi connectivity index (χ3n) is 4.04. The summed E-state index contributed by atoms with van der Waals surface area (Å²) in [5, 5.41) is 0. The first-order valence-corrected chi connectivity index (χ1v) is 13.5. The molecular formula is C21H12Cl2F9O4W. The van der Waals surface area contributed by atoms with Crippen LogP contribution in [0.15, 0.2) is 72.8 Å². The van der Waals surface area contributed by atoms with E-state index in [0.717, 1.165) is 72.8 Å². The van der Waals surface area contributed by atoms with Crippen LogP contribution in [0, 0.1) is 0 Å². The van der Waals surface area contributed by atoms with E-state index < -0.39 is 53.7 Å². The minimum absolute atomic E-state index is 0.0832. The number of benzene rings is 3. The van der Waals surface area contributed by atoms with Gasteiger partial charge < -0.3 is 0 Å². The Morgan fingerprint density at radius 3 is 0.784 bits per heavy atom. The molecule has 0 heterocycles. The number of hydrogen-bond donors (Lipinski definition) is 0. The Balaban J connectivity index is 0.00000153. The topological polar surface area (TPSA) is 36.9 Å². The van der Waals surface area contributed by atoms with Crippen LogP contribution in [-0.2, 0) is 40.8 Å². The van der Waals surface area contributed by atoms with Gasteiger partial charge in [0.05, 0.1) is 23.7 Å². The zero-order chi connectivity index (χ0) is 27.9. The summed E-state index contributed by atoms with van der Waals surface area (Å²) in [5.41, 5.74) is -2.84. The maximum atomic E-state index is 12.8. The van der Waals surface area contributed by atoms with Gasteiger partial charge in [0, 0.05) is 0 Å². The molecule has 0 saturated heterocycles. The first kappa shape index (κ1) is 30.9. The molecule has 3 rings (SSSR count). The zero-order valence-electron chi connectivity index (χ0n) is 17.6. The third kappa shape index (κ3) is 10.1. The van der Waals surface area contributed by atoms with Crippen LogP contribution in [0.4, 0.5) is 39.5 Å². The molecule has 0 radical (unpaired) electrons. The zero-order valence-corrected chi connectivity index (χ0v) is 22.1. The first-order chi connectivity index (χ1) is 17.1. The van der Waals surface area contributed by atoms with E-state index in [-0.39, 0.29) is 17.2 Å². The molecule has 0 N–H and O–H groups in total. The SMILES string of the molecule is ClOCl.FC(F)(F)c1ccc([O][W]([O]c2ccc(C(F)(F)F)cc2)[O]c2ccc(C(F)(F)F)cc2)cc1. The van der Waals surface area contributed by atoms with Gasteiger partial charge >= 0.3 is 193 Å². The standard InChI is InChI=1S/3C7H5F3O.Cl2O.W/c3*8-7(9,10)5-1-3-6(11)4-2-5;1-3-2;/h3*1-4,11H;;/q;;;;+3/p-3. The molecule has 0 spiro atoms. The summed E-state index contributed by atoms with van der Waals surface area (Å²) in [5.74, 6) is -0.250. The minimum atomic E-state index is -4.59. The van der Waals surface area contributed by atoms with Crippen LogP contribution in [0.25, 0.3) is 0 Å². The third-order valence-corrected chi connectivity index (χ3v) is 7.58. The predicted molar refractivity (Wildman–Crippen MR) is 109 cm³/mol. The summed E-state index contributed by atoms with van der Waals surface area (Å²) >= 11 is 4.43. The molecule has 3 aromatic rings. The number of hydrogen-bond acceptors (Lipinski definition) is 4. The molecule has 0 aliphatic heterocycles. The molecular weight excluding hydrogens is 742 g/mol. The molecule has 37 heavy (non-hydrogen) atoms. The van der Waals surface area contributed by atoms with Gasteiger partial charge in [-0.05, 0) is 0 Å². The van der Waals surface area contributed by atoms with Crippen molar-refractivity contribution in [3.8, 4) is 17.2 Å². The summed E-state index contributed by atoms with van der Waals surface area (Å²) in [6, 6.07) is 10.4. The van der Waals surface area contributed by atoms with E-state index in [9.17, 15) is 39.5 Å². The van der Waals surface area contributed by atoms with Crippen LogP contribution in [0.3, 0.4) is 0 Å². The fourth-order valence-corrected chi connectivity index (χ4v) is 5.64. The van der Waals surface area contributed by atoms with Gasteiger partial charge in [-0.15, -0.1) is 0 Å². The fourth-order valence-electron chi connectivity index (χ4n) is 2.39. The van der Waals surface area contributed by atoms with Crippen molar-refractivity contribution in [2.45, 2.75) is 18.5 Å². The van der Waals surface area contributed by atoms with Crippen LogP contribution in [-0.4, -0.2) is 0 Å². The Morgan fingerprint density at radius 1 is 0.432 bits per heavy atom. The summed E-state index contributed by atoms with van der Waals surface area (Å²) in [7, 11) is 0. The Kier molecular flexibility index (Phi) is 10.8. The molecule has 0 unspecified atom stereocenters. The van der Waals surface area contributed by atoms with Crippen molar-refractivity contribution in [2.75, 3.05) is 0 Å². The van der Waals surface area contributed by atoms with Crippen LogP contribution < -0.4 is 10.2 Å². The van der Waals surface area contributed by atoms with Crippen LogP contribution >= 0.6 is 23.7 Å². The number of rotatable bonds is 6. The predicted octanol–water partition coefficient (Wildman–Crippen LogP) is 8.95. The molecule has 0 amide bonds. The second-order valence-corrected chi connectivity index (χ2v) is 10.3. The Labute approximate surface area is 220 Å². The number of alkyl halides is 9. The van der Waals surface area contributed by atoms with Gasteiger partial charge in [-0.2, -0.15) is 3.84 Å². The fraction of sp³-hybridized carbons (Fsp3) is 0.143. The van der Waals surface area contributed by atoms with Gasteiger partial charge in [0.1, 0.15) is 0 Å². The Morgan fingerprint density at radius 2 is 0.622 bits per heavy atom.